The van der Waals surface area contributed by atoms with Crippen molar-refractivity contribution >= 4 is 0 Å². The summed E-state index contributed by atoms with van der Waals surface area (Å²) in [5.41, 5.74) is 0.172. The van der Waals surface area contributed by atoms with Crippen LogP contribution in [0.3, 0.4) is 0 Å². The molecule has 0 aliphatic rings. The molecule has 0 fully saturated rings. The van der Waals surface area contributed by atoms with E-state index in [1.807, 2.05) is 19.1 Å². The van der Waals surface area contributed by atoms with E-state index in [0.717, 1.165) is 16.3 Å². The largest absolute Gasteiger partial charge is 0.333 e. The van der Waals surface area contributed by atoms with E-state index in [1.54, 1.807) is 18.2 Å². The molecule has 5 heteroatoms. The normalized spacial score (nSPS) is 10.0. The third kappa shape index (κ3) is 1.84. The molecule has 0 amide bonds. The summed E-state index contributed by atoms with van der Waals surface area (Å²) in [6.45, 7) is 1.94. The molecule has 1 N–H and O–H groups in total. The SMILES string of the molecule is CCc1ccccc1-n1c(=O)[nH]cc(C#N)c1=O. The Balaban J connectivity index is 2.84. The van der Waals surface area contributed by atoms with Gasteiger partial charge in [0.25, 0.3) is 5.56 Å². The van der Waals surface area contributed by atoms with Gasteiger partial charge in [0.2, 0.25) is 0 Å². The summed E-state index contributed by atoms with van der Waals surface area (Å²) in [5.74, 6) is 0. The summed E-state index contributed by atoms with van der Waals surface area (Å²) in [4.78, 5) is 26.2. The van der Waals surface area contributed by atoms with Crippen LogP contribution in [0.15, 0.2) is 40.1 Å². The van der Waals surface area contributed by atoms with Gasteiger partial charge in [0.15, 0.2) is 0 Å². The minimum Gasteiger partial charge on any atom is -0.312 e. The van der Waals surface area contributed by atoms with Gasteiger partial charge in [-0.3, -0.25) is 4.79 Å². The van der Waals surface area contributed by atoms with Crippen molar-refractivity contribution in [2.45, 2.75) is 13.3 Å². The molecular formula is C13H11N3O2. The van der Waals surface area contributed by atoms with Gasteiger partial charge >= 0.3 is 5.69 Å². The highest BCUT2D eigenvalue weighted by atomic mass is 16.2. The van der Waals surface area contributed by atoms with Gasteiger partial charge < -0.3 is 4.98 Å². The number of H-pyrrole nitrogens is 1. The van der Waals surface area contributed by atoms with Crippen LogP contribution in [-0.4, -0.2) is 9.55 Å². The highest BCUT2D eigenvalue weighted by Gasteiger charge is 2.11. The minimum atomic E-state index is -0.595. The van der Waals surface area contributed by atoms with Crippen molar-refractivity contribution in [3.05, 3.63) is 62.4 Å². The zero-order valence-corrected chi connectivity index (χ0v) is 9.80. The maximum absolute atomic E-state index is 12.0. The van der Waals surface area contributed by atoms with E-state index in [9.17, 15) is 9.59 Å². The van der Waals surface area contributed by atoms with E-state index in [4.69, 9.17) is 5.26 Å². The third-order valence-corrected chi connectivity index (χ3v) is 2.71. The van der Waals surface area contributed by atoms with Crippen LogP contribution in [0.5, 0.6) is 0 Å². The Bertz CT molecular complexity index is 735. The maximum atomic E-state index is 12.0. The number of hydrogen-bond acceptors (Lipinski definition) is 3. The van der Waals surface area contributed by atoms with Crippen LogP contribution in [0.25, 0.3) is 5.69 Å². The van der Waals surface area contributed by atoms with Gasteiger partial charge in [0.1, 0.15) is 11.6 Å². The van der Waals surface area contributed by atoms with E-state index >= 15 is 0 Å². The quantitative estimate of drug-likeness (QED) is 0.850. The van der Waals surface area contributed by atoms with Crippen molar-refractivity contribution in [2.75, 3.05) is 0 Å². The van der Waals surface area contributed by atoms with Crippen molar-refractivity contribution in [2.24, 2.45) is 0 Å². The number of nitrogens with one attached hydrogen (secondary N) is 1. The Morgan fingerprint density at radius 1 is 1.33 bits per heavy atom. The number of aromatic nitrogens is 2. The fourth-order valence-electron chi connectivity index (χ4n) is 1.80. The first-order valence-electron chi connectivity index (χ1n) is 5.52. The lowest BCUT2D eigenvalue weighted by atomic mass is 10.1. The van der Waals surface area contributed by atoms with Crippen LogP contribution >= 0.6 is 0 Å². The molecule has 0 saturated heterocycles. The van der Waals surface area contributed by atoms with Crippen LogP contribution in [0.2, 0.25) is 0 Å². The lowest BCUT2D eigenvalue weighted by Gasteiger charge is -2.09. The molecule has 5 nitrogen and oxygen atoms in total. The average Bonchev–Trinajstić information content (AvgIpc) is 2.39. The fraction of sp³-hybridized carbons (Fsp3) is 0.154. The van der Waals surface area contributed by atoms with E-state index in [1.165, 1.54) is 0 Å². The summed E-state index contributed by atoms with van der Waals surface area (Å²) < 4.78 is 0.997. The summed E-state index contributed by atoms with van der Waals surface area (Å²) in [6.07, 6.45) is 1.83. The number of aryl methyl sites for hydroxylation is 1. The molecule has 0 saturated carbocycles. The predicted molar refractivity (Wildman–Crippen MR) is 66.8 cm³/mol. The molecule has 0 aliphatic carbocycles. The van der Waals surface area contributed by atoms with Gasteiger partial charge in [-0.2, -0.15) is 5.26 Å². The molecule has 0 unspecified atom stereocenters. The second-order valence-electron chi connectivity index (χ2n) is 3.74. The van der Waals surface area contributed by atoms with E-state index in [2.05, 4.69) is 4.98 Å². The van der Waals surface area contributed by atoms with Crippen LogP contribution in [0.4, 0.5) is 0 Å². The molecule has 2 aromatic rings. The molecule has 1 aromatic heterocycles. The van der Waals surface area contributed by atoms with E-state index in [0.29, 0.717) is 12.1 Å². The summed E-state index contributed by atoms with van der Waals surface area (Å²) in [7, 11) is 0. The van der Waals surface area contributed by atoms with Crippen LogP contribution in [-0.2, 0) is 6.42 Å². The minimum absolute atomic E-state index is 0.0829. The Labute approximate surface area is 103 Å². The molecule has 2 rings (SSSR count). The fourth-order valence-corrected chi connectivity index (χ4v) is 1.80. The standard InChI is InChI=1S/C13H11N3O2/c1-2-9-5-3-4-6-11(9)16-12(17)10(7-14)8-15-13(16)18/h3-6,8H,2H2,1H3,(H,15,18). The summed E-state index contributed by atoms with van der Waals surface area (Å²) >= 11 is 0. The molecule has 1 heterocycles. The number of rotatable bonds is 2. The summed E-state index contributed by atoms with van der Waals surface area (Å²) in [6, 6.07) is 8.90. The molecule has 0 radical (unpaired) electrons. The van der Waals surface area contributed by atoms with Crippen molar-refractivity contribution < 1.29 is 0 Å². The average molecular weight is 241 g/mol. The van der Waals surface area contributed by atoms with E-state index < -0.39 is 11.2 Å². The zero-order chi connectivity index (χ0) is 13.1. The van der Waals surface area contributed by atoms with Gasteiger partial charge in [-0.15, -0.1) is 0 Å². The van der Waals surface area contributed by atoms with Crippen molar-refractivity contribution in [1.29, 1.82) is 5.26 Å². The summed E-state index contributed by atoms with van der Waals surface area (Å²) in [5, 5.41) is 8.82. The van der Waals surface area contributed by atoms with Crippen LogP contribution < -0.4 is 11.2 Å². The van der Waals surface area contributed by atoms with Gasteiger partial charge in [-0.1, -0.05) is 25.1 Å². The first-order chi connectivity index (χ1) is 8.69. The molecule has 1 aromatic carbocycles. The molecule has 90 valence electrons. The monoisotopic (exact) mass is 241 g/mol. The lowest BCUT2D eigenvalue weighted by Crippen LogP contribution is -2.35. The van der Waals surface area contributed by atoms with Crippen molar-refractivity contribution in [3.8, 4) is 11.8 Å². The van der Waals surface area contributed by atoms with Crippen molar-refractivity contribution in [3.63, 3.8) is 0 Å². The zero-order valence-electron chi connectivity index (χ0n) is 9.80. The Morgan fingerprint density at radius 2 is 2.06 bits per heavy atom. The van der Waals surface area contributed by atoms with E-state index in [-0.39, 0.29) is 5.56 Å². The number of para-hydroxylation sites is 1. The highest BCUT2D eigenvalue weighted by molar-refractivity contribution is 5.42. The number of nitriles is 1. The number of benzene rings is 1. The van der Waals surface area contributed by atoms with Crippen molar-refractivity contribution in [1.82, 2.24) is 9.55 Å². The van der Waals surface area contributed by atoms with Gasteiger partial charge in [0, 0.05) is 6.20 Å². The lowest BCUT2D eigenvalue weighted by molar-refractivity contribution is 0.855. The Kier molecular flexibility index (Phi) is 3.11. The number of nitrogens with zero attached hydrogens (tertiary/aromatic N) is 2. The topological polar surface area (TPSA) is 78.7 Å². The Morgan fingerprint density at radius 3 is 2.72 bits per heavy atom. The molecule has 18 heavy (non-hydrogen) atoms. The maximum Gasteiger partial charge on any atom is 0.333 e. The predicted octanol–water partition coefficient (Wildman–Crippen LogP) is 0.960. The number of hydrogen-bond donors (Lipinski definition) is 1. The molecule has 0 spiro atoms. The first-order valence-corrected chi connectivity index (χ1v) is 5.52. The third-order valence-electron chi connectivity index (χ3n) is 2.71. The van der Waals surface area contributed by atoms with Gasteiger partial charge in [-0.05, 0) is 18.1 Å². The highest BCUT2D eigenvalue weighted by Crippen LogP contribution is 2.11. The smallest absolute Gasteiger partial charge is 0.312 e. The van der Waals surface area contributed by atoms with Gasteiger partial charge in [0.05, 0.1) is 5.69 Å². The first kappa shape index (κ1) is 11.9. The number of aromatic amines is 1. The molecule has 0 atom stereocenters. The molecule has 0 aliphatic heterocycles. The molecular weight excluding hydrogens is 230 g/mol. The Hall–Kier alpha value is -2.61. The second-order valence-corrected chi connectivity index (χ2v) is 3.74. The van der Waals surface area contributed by atoms with Crippen LogP contribution in [0.1, 0.15) is 18.1 Å². The molecule has 0 bridgehead atoms. The second kappa shape index (κ2) is 4.72. The van der Waals surface area contributed by atoms with Gasteiger partial charge in [-0.25, -0.2) is 9.36 Å². The van der Waals surface area contributed by atoms with Crippen LogP contribution in [0, 0.1) is 11.3 Å².